The number of aromatic nitrogens is 2. The lowest BCUT2D eigenvalue weighted by Crippen LogP contribution is -2.22. The summed E-state index contributed by atoms with van der Waals surface area (Å²) in [4.78, 5) is 13.8. The van der Waals surface area contributed by atoms with E-state index in [1.165, 1.54) is 22.4 Å². The Hall–Kier alpha value is -2.51. The third-order valence-electron chi connectivity index (χ3n) is 5.82. The highest BCUT2D eigenvalue weighted by atomic mass is 32.1. The van der Waals surface area contributed by atoms with Crippen LogP contribution in [0.25, 0.3) is 10.2 Å². The Kier molecular flexibility index (Phi) is 6.29. The van der Waals surface area contributed by atoms with E-state index in [0.29, 0.717) is 0 Å². The quantitative estimate of drug-likeness (QED) is 0.414. The number of nitrogens with zero attached hydrogens (tertiary/aromatic N) is 4. The van der Waals surface area contributed by atoms with Crippen LogP contribution in [-0.2, 0) is 19.4 Å². The van der Waals surface area contributed by atoms with Gasteiger partial charge in [-0.2, -0.15) is 5.10 Å². The van der Waals surface area contributed by atoms with E-state index in [1.807, 2.05) is 13.0 Å². The van der Waals surface area contributed by atoms with Gasteiger partial charge in [0.2, 0.25) is 0 Å². The molecule has 4 rings (SSSR count). The molecule has 0 fully saturated rings. The maximum atomic E-state index is 5.58. The first-order valence-corrected chi connectivity index (χ1v) is 11.4. The summed E-state index contributed by atoms with van der Waals surface area (Å²) in [5.74, 6) is 1.72. The van der Waals surface area contributed by atoms with Crippen molar-refractivity contribution in [2.75, 3.05) is 25.6 Å². The van der Waals surface area contributed by atoms with E-state index in [2.05, 4.69) is 51.4 Å². The van der Waals surface area contributed by atoms with Crippen LogP contribution in [0.3, 0.4) is 0 Å². The molecule has 2 aromatic heterocycles. The molecule has 6 nitrogen and oxygen atoms in total. The molecule has 0 spiro atoms. The van der Waals surface area contributed by atoms with Crippen molar-refractivity contribution < 1.29 is 4.74 Å². The van der Waals surface area contributed by atoms with E-state index in [-0.39, 0.29) is 0 Å². The summed E-state index contributed by atoms with van der Waals surface area (Å²) in [7, 11) is 1.73. The molecule has 0 bridgehead atoms. The highest BCUT2D eigenvalue weighted by Gasteiger charge is 2.21. The lowest BCUT2D eigenvalue weighted by molar-refractivity contribution is 0.289. The predicted molar refractivity (Wildman–Crippen MR) is 125 cm³/mol. The predicted octanol–water partition coefficient (Wildman–Crippen LogP) is 4.87. The molecule has 1 aliphatic carbocycles. The zero-order valence-corrected chi connectivity index (χ0v) is 19.0. The van der Waals surface area contributed by atoms with E-state index in [0.717, 1.165) is 65.5 Å². The molecule has 2 heterocycles. The van der Waals surface area contributed by atoms with Crippen LogP contribution in [0, 0.1) is 0 Å². The number of hydrogen-bond acceptors (Lipinski definition) is 7. The number of aryl methyl sites for hydroxylation is 2. The van der Waals surface area contributed by atoms with Crippen molar-refractivity contribution in [3.05, 3.63) is 46.1 Å². The molecule has 3 aromatic rings. The van der Waals surface area contributed by atoms with E-state index >= 15 is 0 Å². The maximum Gasteiger partial charge on any atom is 0.158 e. The van der Waals surface area contributed by atoms with E-state index < -0.39 is 0 Å². The SMILES string of the molecule is CCN(CC)Cc1cc(/C(C)=N\Nc2ncnc3sc4c(c23)CCC4)ccc1OC. The number of ether oxygens (including phenoxy) is 1. The second-order valence-corrected chi connectivity index (χ2v) is 8.64. The molecule has 0 radical (unpaired) electrons. The van der Waals surface area contributed by atoms with Crippen LogP contribution in [-0.4, -0.2) is 40.8 Å². The summed E-state index contributed by atoms with van der Waals surface area (Å²) < 4.78 is 5.58. The number of fused-ring (bicyclic) bond motifs is 3. The Morgan fingerprint density at radius 1 is 1.23 bits per heavy atom. The molecule has 30 heavy (non-hydrogen) atoms. The first-order valence-electron chi connectivity index (χ1n) is 10.6. The average molecular weight is 424 g/mol. The van der Waals surface area contributed by atoms with Gasteiger partial charge in [-0.25, -0.2) is 9.97 Å². The number of hydrazone groups is 1. The van der Waals surface area contributed by atoms with Gasteiger partial charge in [-0.1, -0.05) is 13.8 Å². The highest BCUT2D eigenvalue weighted by molar-refractivity contribution is 7.19. The van der Waals surface area contributed by atoms with Crippen molar-refractivity contribution >= 4 is 33.1 Å². The van der Waals surface area contributed by atoms with Crippen molar-refractivity contribution in [3.63, 3.8) is 0 Å². The Balaban J connectivity index is 1.61. The third-order valence-corrected chi connectivity index (χ3v) is 7.02. The van der Waals surface area contributed by atoms with Crippen molar-refractivity contribution in [1.29, 1.82) is 0 Å². The summed E-state index contributed by atoms with van der Waals surface area (Å²) in [5.41, 5.74) is 7.78. The largest absolute Gasteiger partial charge is 0.496 e. The van der Waals surface area contributed by atoms with E-state index in [1.54, 1.807) is 24.8 Å². The fourth-order valence-corrected chi connectivity index (χ4v) is 5.26. The highest BCUT2D eigenvalue weighted by Crippen LogP contribution is 2.39. The summed E-state index contributed by atoms with van der Waals surface area (Å²) in [5, 5.41) is 5.80. The van der Waals surface area contributed by atoms with Gasteiger partial charge in [-0.05, 0) is 68.6 Å². The van der Waals surface area contributed by atoms with Crippen molar-refractivity contribution in [2.24, 2.45) is 5.10 Å². The lowest BCUT2D eigenvalue weighted by atomic mass is 10.1. The van der Waals surface area contributed by atoms with Crippen LogP contribution >= 0.6 is 11.3 Å². The fraction of sp³-hybridized carbons (Fsp3) is 0.435. The second kappa shape index (κ2) is 9.10. The molecule has 0 unspecified atom stereocenters. The molecule has 1 N–H and O–H groups in total. The molecule has 0 amide bonds. The monoisotopic (exact) mass is 423 g/mol. The number of methoxy groups -OCH3 is 1. The first-order chi connectivity index (χ1) is 14.6. The zero-order chi connectivity index (χ0) is 21.1. The number of anilines is 1. The van der Waals surface area contributed by atoms with Crippen molar-refractivity contribution in [3.8, 4) is 5.75 Å². The smallest absolute Gasteiger partial charge is 0.158 e. The van der Waals surface area contributed by atoms with Crippen LogP contribution in [0.5, 0.6) is 5.75 Å². The summed E-state index contributed by atoms with van der Waals surface area (Å²) in [6.45, 7) is 9.26. The number of hydrogen-bond donors (Lipinski definition) is 1. The average Bonchev–Trinajstić information content (AvgIpc) is 3.36. The Morgan fingerprint density at radius 3 is 2.83 bits per heavy atom. The summed E-state index contributed by atoms with van der Waals surface area (Å²) in [6.07, 6.45) is 5.10. The van der Waals surface area contributed by atoms with Gasteiger partial charge in [0.1, 0.15) is 16.9 Å². The van der Waals surface area contributed by atoms with E-state index in [9.17, 15) is 0 Å². The molecule has 0 saturated heterocycles. The first kappa shape index (κ1) is 20.8. The van der Waals surface area contributed by atoms with Crippen LogP contribution in [0.2, 0.25) is 0 Å². The number of nitrogens with one attached hydrogen (secondary N) is 1. The number of rotatable bonds is 8. The third kappa shape index (κ3) is 4.04. The van der Waals surface area contributed by atoms with Crippen LogP contribution in [0.1, 0.15) is 48.8 Å². The topological polar surface area (TPSA) is 62.6 Å². The minimum absolute atomic E-state index is 0.802. The Bertz CT molecular complexity index is 1070. The standard InChI is InChI=1S/C23H29N5OS/c1-5-28(6-2)13-17-12-16(10-11-19(17)29-4)15(3)26-27-22-21-18-8-7-9-20(18)30-23(21)25-14-24-22/h10-12,14H,5-9,13H2,1-4H3,(H,24,25,27)/b26-15-. The Morgan fingerprint density at radius 2 is 2.07 bits per heavy atom. The lowest BCUT2D eigenvalue weighted by Gasteiger charge is -2.20. The molecule has 0 atom stereocenters. The second-order valence-electron chi connectivity index (χ2n) is 7.56. The van der Waals surface area contributed by atoms with Gasteiger partial charge < -0.3 is 4.74 Å². The molecular formula is C23H29N5OS. The molecule has 1 aromatic carbocycles. The zero-order valence-electron chi connectivity index (χ0n) is 18.2. The van der Waals surface area contributed by atoms with Gasteiger partial charge in [0.25, 0.3) is 0 Å². The molecule has 7 heteroatoms. The Labute approximate surface area is 182 Å². The van der Waals surface area contributed by atoms with Gasteiger partial charge in [-0.15, -0.1) is 11.3 Å². The van der Waals surface area contributed by atoms with Crippen LogP contribution in [0.4, 0.5) is 5.82 Å². The van der Waals surface area contributed by atoms with Gasteiger partial charge in [0.05, 0.1) is 18.2 Å². The molecule has 0 saturated carbocycles. The molecular weight excluding hydrogens is 394 g/mol. The van der Waals surface area contributed by atoms with Gasteiger partial charge in [-0.3, -0.25) is 10.3 Å². The molecule has 158 valence electrons. The molecule has 1 aliphatic rings. The number of benzene rings is 1. The van der Waals surface area contributed by atoms with Gasteiger partial charge in [0.15, 0.2) is 5.82 Å². The van der Waals surface area contributed by atoms with Crippen molar-refractivity contribution in [1.82, 2.24) is 14.9 Å². The van der Waals surface area contributed by atoms with Gasteiger partial charge in [0, 0.05) is 17.0 Å². The van der Waals surface area contributed by atoms with Gasteiger partial charge >= 0.3 is 0 Å². The van der Waals surface area contributed by atoms with Crippen molar-refractivity contribution in [2.45, 2.75) is 46.6 Å². The maximum absolute atomic E-state index is 5.58. The minimum atomic E-state index is 0.802. The number of thiophene rings is 1. The van der Waals surface area contributed by atoms with E-state index in [4.69, 9.17) is 4.74 Å². The summed E-state index contributed by atoms with van der Waals surface area (Å²) >= 11 is 1.79. The molecule has 0 aliphatic heterocycles. The normalized spacial score (nSPS) is 13.8. The van der Waals surface area contributed by atoms with Crippen LogP contribution in [0.15, 0.2) is 29.6 Å². The fourth-order valence-electron chi connectivity index (χ4n) is 4.03. The summed E-state index contributed by atoms with van der Waals surface area (Å²) in [6, 6.07) is 6.26. The van der Waals surface area contributed by atoms with Crippen LogP contribution < -0.4 is 10.2 Å². The minimum Gasteiger partial charge on any atom is -0.496 e.